The van der Waals surface area contributed by atoms with Gasteiger partial charge in [0.1, 0.15) is 5.54 Å². The van der Waals surface area contributed by atoms with Crippen LogP contribution in [0.1, 0.15) is 220 Å². The molecule has 0 spiro atoms. The summed E-state index contributed by atoms with van der Waals surface area (Å²) in [5, 5.41) is 26.1. The highest BCUT2D eigenvalue weighted by molar-refractivity contribution is 5.91. The van der Waals surface area contributed by atoms with Crippen LogP contribution in [0.4, 0.5) is 0 Å². The summed E-state index contributed by atoms with van der Waals surface area (Å²) in [6, 6.07) is 0. The number of aliphatic hydroxyl groups is 2. The molecule has 0 radical (unpaired) electrons. The molecule has 7 nitrogen and oxygen atoms in total. The summed E-state index contributed by atoms with van der Waals surface area (Å²) in [7, 11) is 4.18. The predicted octanol–water partition coefficient (Wildman–Crippen LogP) is 12.0. The first-order valence-electron chi connectivity index (χ1n) is 26.6. The summed E-state index contributed by atoms with van der Waals surface area (Å²) in [6.45, 7) is 11.8. The lowest BCUT2D eigenvalue weighted by molar-refractivity contribution is -0.175. The van der Waals surface area contributed by atoms with E-state index in [1.54, 1.807) is 0 Å². The van der Waals surface area contributed by atoms with Gasteiger partial charge in [-0.15, -0.1) is 0 Å². The minimum Gasteiger partial charge on any atom is -0.393 e. The van der Waals surface area contributed by atoms with Crippen molar-refractivity contribution in [3.05, 3.63) is 12.2 Å². The van der Waals surface area contributed by atoms with E-state index in [0.29, 0.717) is 55.0 Å². The Morgan fingerprint density at radius 2 is 1.39 bits per heavy atom. The Hall–Kier alpha value is -1.44. The highest BCUT2D eigenvalue weighted by atomic mass is 16.3. The number of carbonyl (C=O) groups is 2. The van der Waals surface area contributed by atoms with Crippen molar-refractivity contribution in [2.45, 2.75) is 238 Å². The Bertz CT molecular complexity index is 1330. The normalized spacial score (nSPS) is 32.6. The van der Waals surface area contributed by atoms with Crippen molar-refractivity contribution >= 4 is 11.8 Å². The molecule has 0 aromatic carbocycles. The Morgan fingerprint density at radius 3 is 2.07 bits per heavy atom. The molecule has 7 heteroatoms. The number of hydrogen-bond donors (Lipinski definition) is 3. The molecule has 0 bridgehead atoms. The average Bonchev–Trinajstić information content (AvgIpc) is 3.61. The Balaban J connectivity index is 1.10. The SMILES string of the molecule is CCCCCCCC/C=C\CCCCCCCCNC(=O)C1(N(CCCN(C)C)C(=O)CC[C@@H](C)[C@H]2CC[C@H]3[C@@H]4CC[C@@H]5C[C@H](O)CC[C@]5(C)[C@H]4C[C@H](O)[C@]23C)CCCCC1. The molecule has 0 saturated heterocycles. The topological polar surface area (TPSA) is 93.1 Å². The first kappa shape index (κ1) is 50.6. The standard InChI is InChI=1S/C54H97N3O4/c1-7-8-9-10-11-12-13-14-15-16-17-18-19-20-21-25-37-55-51(61)54(34-23-22-24-35-54)57(39-26-38-56(5)6)50(60)32-27-42(2)46-30-31-47-45-29-28-43-40-44(58)33-36-52(43,3)48(45)41-49(59)53(46,47)4/h14-15,42-49,58-59H,7-13,16-41H2,1-6H3,(H,55,61)/b15-14-/t42-,43-,44-,45+,46-,47+,48+,49+,52+,53-/m1/s1. The van der Waals surface area contributed by atoms with E-state index in [2.05, 4.69) is 69.1 Å². The van der Waals surface area contributed by atoms with Gasteiger partial charge in [-0.05, 0) is 176 Å². The fourth-order valence-corrected chi connectivity index (χ4v) is 14.5. The molecule has 0 aromatic heterocycles. The number of amides is 2. The van der Waals surface area contributed by atoms with Gasteiger partial charge in [0, 0.05) is 19.5 Å². The second-order valence-corrected chi connectivity index (χ2v) is 22.4. The minimum absolute atomic E-state index is 0.0909. The molecule has 5 saturated carbocycles. The average molecular weight is 852 g/mol. The number of carbonyl (C=O) groups excluding carboxylic acids is 2. The lowest BCUT2D eigenvalue weighted by atomic mass is 9.43. The lowest BCUT2D eigenvalue weighted by Crippen LogP contribution is -2.62. The summed E-state index contributed by atoms with van der Waals surface area (Å²) in [6.07, 6.45) is 37.7. The monoisotopic (exact) mass is 852 g/mol. The molecule has 2 amide bonds. The van der Waals surface area contributed by atoms with Gasteiger partial charge in [0.2, 0.25) is 11.8 Å². The van der Waals surface area contributed by atoms with Crippen LogP contribution in [0.25, 0.3) is 0 Å². The highest BCUT2D eigenvalue weighted by Crippen LogP contribution is 2.68. The second-order valence-electron chi connectivity index (χ2n) is 22.4. The van der Waals surface area contributed by atoms with Crippen LogP contribution in [0.3, 0.4) is 0 Å². The van der Waals surface area contributed by atoms with Crippen LogP contribution in [-0.4, -0.2) is 83.3 Å². The van der Waals surface area contributed by atoms with Gasteiger partial charge in [-0.1, -0.05) is 117 Å². The fraction of sp³-hybridized carbons (Fsp3) is 0.926. The summed E-state index contributed by atoms with van der Waals surface area (Å²) in [5.41, 5.74) is -0.612. The van der Waals surface area contributed by atoms with Gasteiger partial charge in [0.25, 0.3) is 0 Å². The summed E-state index contributed by atoms with van der Waals surface area (Å²) in [5.74, 6) is 3.35. The molecule has 0 heterocycles. The number of nitrogens with zero attached hydrogens (tertiary/aromatic N) is 2. The molecular formula is C54H97N3O4. The first-order valence-corrected chi connectivity index (χ1v) is 26.6. The smallest absolute Gasteiger partial charge is 0.245 e. The molecule has 5 aliphatic carbocycles. The third-order valence-corrected chi connectivity index (χ3v) is 18.2. The number of rotatable bonds is 26. The highest BCUT2D eigenvalue weighted by Gasteiger charge is 2.63. The zero-order valence-electron chi connectivity index (χ0n) is 40.7. The van der Waals surface area contributed by atoms with Gasteiger partial charge in [-0.2, -0.15) is 0 Å². The van der Waals surface area contributed by atoms with E-state index < -0.39 is 5.54 Å². The number of fused-ring (bicyclic) bond motifs is 5. The van der Waals surface area contributed by atoms with Gasteiger partial charge in [0.05, 0.1) is 12.2 Å². The third-order valence-electron chi connectivity index (χ3n) is 18.2. The minimum atomic E-state index is -0.740. The van der Waals surface area contributed by atoms with Crippen molar-refractivity contribution in [1.82, 2.24) is 15.1 Å². The van der Waals surface area contributed by atoms with E-state index in [1.807, 2.05) is 0 Å². The molecule has 0 aromatic rings. The maximum Gasteiger partial charge on any atom is 0.245 e. The Morgan fingerprint density at radius 1 is 0.738 bits per heavy atom. The van der Waals surface area contributed by atoms with Crippen LogP contribution in [-0.2, 0) is 9.59 Å². The largest absolute Gasteiger partial charge is 0.393 e. The lowest BCUT2D eigenvalue weighted by Gasteiger charge is -2.62. The van der Waals surface area contributed by atoms with Crippen LogP contribution >= 0.6 is 0 Å². The fourth-order valence-electron chi connectivity index (χ4n) is 14.5. The maximum absolute atomic E-state index is 14.6. The van der Waals surface area contributed by atoms with Crippen molar-refractivity contribution in [3.63, 3.8) is 0 Å². The van der Waals surface area contributed by atoms with Crippen molar-refractivity contribution in [2.24, 2.45) is 46.3 Å². The van der Waals surface area contributed by atoms with Gasteiger partial charge in [-0.25, -0.2) is 0 Å². The van der Waals surface area contributed by atoms with Crippen LogP contribution < -0.4 is 5.32 Å². The van der Waals surface area contributed by atoms with Crippen LogP contribution in [0.15, 0.2) is 12.2 Å². The van der Waals surface area contributed by atoms with E-state index >= 15 is 0 Å². The number of allylic oxidation sites excluding steroid dienone is 2. The van der Waals surface area contributed by atoms with Gasteiger partial charge in [-0.3, -0.25) is 9.59 Å². The van der Waals surface area contributed by atoms with E-state index in [1.165, 1.54) is 96.3 Å². The molecule has 5 rings (SSSR count). The van der Waals surface area contributed by atoms with E-state index in [4.69, 9.17) is 0 Å². The quantitative estimate of drug-likeness (QED) is 0.0595. The number of nitrogens with one attached hydrogen (secondary N) is 1. The number of hydrogen-bond acceptors (Lipinski definition) is 5. The predicted molar refractivity (Wildman–Crippen MR) is 254 cm³/mol. The number of aliphatic hydroxyl groups excluding tert-OH is 2. The van der Waals surface area contributed by atoms with Crippen molar-refractivity contribution in [2.75, 3.05) is 33.7 Å². The zero-order valence-corrected chi connectivity index (χ0v) is 40.7. The van der Waals surface area contributed by atoms with Crippen LogP contribution in [0, 0.1) is 46.3 Å². The maximum atomic E-state index is 14.6. The molecule has 5 aliphatic rings. The Labute approximate surface area is 375 Å². The first-order chi connectivity index (χ1) is 29.4. The van der Waals surface area contributed by atoms with E-state index in [-0.39, 0.29) is 34.9 Å². The van der Waals surface area contributed by atoms with Crippen molar-refractivity contribution < 1.29 is 19.8 Å². The molecular weight excluding hydrogens is 755 g/mol. The van der Waals surface area contributed by atoms with E-state index in [9.17, 15) is 19.8 Å². The Kier molecular flexibility index (Phi) is 20.5. The van der Waals surface area contributed by atoms with Gasteiger partial charge >= 0.3 is 0 Å². The number of unbranched alkanes of at least 4 members (excludes halogenated alkanes) is 12. The zero-order chi connectivity index (χ0) is 43.9. The molecule has 0 aliphatic heterocycles. The van der Waals surface area contributed by atoms with Crippen molar-refractivity contribution in [3.8, 4) is 0 Å². The van der Waals surface area contributed by atoms with Gasteiger partial charge < -0.3 is 25.3 Å². The van der Waals surface area contributed by atoms with Crippen LogP contribution in [0.5, 0.6) is 0 Å². The molecule has 5 fully saturated rings. The summed E-state index contributed by atoms with van der Waals surface area (Å²) in [4.78, 5) is 33.3. The van der Waals surface area contributed by atoms with Crippen LogP contribution in [0.2, 0.25) is 0 Å². The van der Waals surface area contributed by atoms with Crippen molar-refractivity contribution in [1.29, 1.82) is 0 Å². The molecule has 0 unspecified atom stereocenters. The molecule has 3 N–H and O–H groups in total. The third kappa shape index (κ3) is 12.9. The molecule has 10 atom stereocenters. The molecule has 352 valence electrons. The summed E-state index contributed by atoms with van der Waals surface area (Å²) >= 11 is 0. The second kappa shape index (κ2) is 24.7. The molecule has 61 heavy (non-hydrogen) atoms. The summed E-state index contributed by atoms with van der Waals surface area (Å²) < 4.78 is 0. The van der Waals surface area contributed by atoms with Gasteiger partial charge in [0.15, 0.2) is 0 Å². The van der Waals surface area contributed by atoms with E-state index in [0.717, 1.165) is 96.4 Å².